The number of carbonyl (C=O) groups excluding carboxylic acids is 1. The second-order valence-electron chi connectivity index (χ2n) is 6.70. The third kappa shape index (κ3) is 6.08. The number of hydrogen-bond donors (Lipinski definition) is 0. The first-order chi connectivity index (χ1) is 13.2. The molecule has 1 heterocycles. The van der Waals surface area contributed by atoms with Crippen molar-refractivity contribution in [3.63, 3.8) is 0 Å². The van der Waals surface area contributed by atoms with E-state index in [0.29, 0.717) is 24.9 Å². The smallest absolute Gasteiger partial charge is 0.337 e. The van der Waals surface area contributed by atoms with E-state index in [1.165, 1.54) is 12.7 Å². The van der Waals surface area contributed by atoms with Gasteiger partial charge in [-0.15, -0.1) is 0 Å². The number of esters is 1. The monoisotopic (exact) mass is 369 g/mol. The number of rotatable bonds is 8. The summed E-state index contributed by atoms with van der Waals surface area (Å²) in [5.74, 6) is 0.433. The number of hydrogen-bond acceptors (Lipinski definition) is 5. The second kappa shape index (κ2) is 10.1. The zero-order valence-corrected chi connectivity index (χ0v) is 15.8. The van der Waals surface area contributed by atoms with Crippen LogP contribution in [-0.2, 0) is 16.1 Å². The van der Waals surface area contributed by atoms with Crippen LogP contribution in [0.1, 0.15) is 28.8 Å². The van der Waals surface area contributed by atoms with Gasteiger partial charge in [0.15, 0.2) is 0 Å². The molecule has 2 aromatic rings. The zero-order valence-electron chi connectivity index (χ0n) is 15.8. The molecule has 27 heavy (non-hydrogen) atoms. The highest BCUT2D eigenvalue weighted by Crippen LogP contribution is 2.16. The summed E-state index contributed by atoms with van der Waals surface area (Å²) in [7, 11) is 1.38. The zero-order chi connectivity index (χ0) is 18.9. The summed E-state index contributed by atoms with van der Waals surface area (Å²) >= 11 is 0. The van der Waals surface area contributed by atoms with Gasteiger partial charge < -0.3 is 14.2 Å². The lowest BCUT2D eigenvalue weighted by molar-refractivity contribution is -0.00425. The predicted molar refractivity (Wildman–Crippen MR) is 104 cm³/mol. The van der Waals surface area contributed by atoms with Crippen molar-refractivity contribution in [1.82, 2.24) is 4.90 Å². The van der Waals surface area contributed by atoms with Gasteiger partial charge in [-0.2, -0.15) is 0 Å². The van der Waals surface area contributed by atoms with E-state index in [1.807, 2.05) is 18.2 Å². The molecule has 3 rings (SSSR count). The molecule has 0 saturated carbocycles. The van der Waals surface area contributed by atoms with E-state index in [1.54, 1.807) is 24.3 Å². The third-order valence-corrected chi connectivity index (χ3v) is 4.81. The highest BCUT2D eigenvalue weighted by Gasteiger charge is 2.19. The molecule has 1 aliphatic rings. The fourth-order valence-electron chi connectivity index (χ4n) is 3.19. The Kier molecular flexibility index (Phi) is 7.25. The van der Waals surface area contributed by atoms with Crippen molar-refractivity contribution in [2.45, 2.75) is 25.6 Å². The summed E-state index contributed by atoms with van der Waals surface area (Å²) in [6, 6.07) is 17.4. The first-order valence-electron chi connectivity index (χ1n) is 9.43. The number of nitrogens with zero attached hydrogens (tertiary/aromatic N) is 1. The van der Waals surface area contributed by atoms with Gasteiger partial charge in [0, 0.05) is 19.6 Å². The Morgan fingerprint density at radius 3 is 2.41 bits per heavy atom. The maximum Gasteiger partial charge on any atom is 0.337 e. The molecule has 0 atom stereocenters. The van der Waals surface area contributed by atoms with Crippen LogP contribution in [0, 0.1) is 0 Å². The Morgan fingerprint density at radius 2 is 1.74 bits per heavy atom. The van der Waals surface area contributed by atoms with Crippen LogP contribution in [0.5, 0.6) is 5.75 Å². The number of benzene rings is 2. The number of likely N-dealkylation sites (tertiary alicyclic amines) is 1. The first-order valence-corrected chi connectivity index (χ1v) is 9.43. The van der Waals surface area contributed by atoms with Crippen LogP contribution >= 0.6 is 0 Å². The Bertz CT molecular complexity index is 694. The Hall–Kier alpha value is -2.37. The molecule has 0 amide bonds. The summed E-state index contributed by atoms with van der Waals surface area (Å²) in [5, 5.41) is 0. The maximum absolute atomic E-state index is 11.4. The molecule has 144 valence electrons. The highest BCUT2D eigenvalue weighted by atomic mass is 16.5. The van der Waals surface area contributed by atoms with Gasteiger partial charge in [0.25, 0.3) is 0 Å². The lowest BCUT2D eigenvalue weighted by atomic mass is 10.1. The molecule has 2 aromatic carbocycles. The SMILES string of the molecule is COC(=O)c1ccc(OCCN2CCC(OCc3ccccc3)CC2)cc1. The van der Waals surface area contributed by atoms with E-state index in [4.69, 9.17) is 14.2 Å². The minimum Gasteiger partial charge on any atom is -0.492 e. The van der Waals surface area contributed by atoms with Crippen molar-refractivity contribution < 1.29 is 19.0 Å². The molecule has 5 nitrogen and oxygen atoms in total. The summed E-state index contributed by atoms with van der Waals surface area (Å²) < 4.78 is 16.5. The highest BCUT2D eigenvalue weighted by molar-refractivity contribution is 5.89. The fraction of sp³-hybridized carbons (Fsp3) is 0.409. The van der Waals surface area contributed by atoms with Gasteiger partial charge in [-0.25, -0.2) is 4.79 Å². The second-order valence-corrected chi connectivity index (χ2v) is 6.70. The molecular formula is C22H27NO4. The van der Waals surface area contributed by atoms with Crippen LogP contribution in [-0.4, -0.2) is 50.3 Å². The number of methoxy groups -OCH3 is 1. The van der Waals surface area contributed by atoms with Crippen LogP contribution in [0.2, 0.25) is 0 Å². The van der Waals surface area contributed by atoms with Crippen LogP contribution < -0.4 is 4.74 Å². The molecule has 0 N–H and O–H groups in total. The van der Waals surface area contributed by atoms with E-state index in [-0.39, 0.29) is 5.97 Å². The van der Waals surface area contributed by atoms with E-state index < -0.39 is 0 Å². The minimum atomic E-state index is -0.334. The number of ether oxygens (including phenoxy) is 3. The molecule has 1 saturated heterocycles. The number of piperidine rings is 1. The van der Waals surface area contributed by atoms with E-state index in [9.17, 15) is 4.79 Å². The summed E-state index contributed by atoms with van der Waals surface area (Å²) in [5.41, 5.74) is 1.76. The molecular weight excluding hydrogens is 342 g/mol. The average molecular weight is 369 g/mol. The van der Waals surface area contributed by atoms with Crippen molar-refractivity contribution in [3.05, 3.63) is 65.7 Å². The predicted octanol–water partition coefficient (Wildman–Crippen LogP) is 3.53. The van der Waals surface area contributed by atoms with Gasteiger partial charge in [0.2, 0.25) is 0 Å². The van der Waals surface area contributed by atoms with Crippen LogP contribution in [0.25, 0.3) is 0 Å². The first kappa shape index (κ1) is 19.4. The van der Waals surface area contributed by atoms with Crippen LogP contribution in [0.15, 0.2) is 54.6 Å². The number of carbonyl (C=O) groups is 1. The van der Waals surface area contributed by atoms with Gasteiger partial charge in [-0.3, -0.25) is 4.90 Å². The molecule has 0 unspecified atom stereocenters. The van der Waals surface area contributed by atoms with Crippen molar-refractivity contribution in [1.29, 1.82) is 0 Å². The van der Waals surface area contributed by atoms with Crippen molar-refractivity contribution >= 4 is 5.97 Å². The topological polar surface area (TPSA) is 48.0 Å². The van der Waals surface area contributed by atoms with Crippen molar-refractivity contribution in [2.24, 2.45) is 0 Å². The Balaban J connectivity index is 1.32. The molecule has 0 aliphatic carbocycles. The maximum atomic E-state index is 11.4. The van der Waals surface area contributed by atoms with E-state index >= 15 is 0 Å². The van der Waals surface area contributed by atoms with Gasteiger partial charge >= 0.3 is 5.97 Å². The Morgan fingerprint density at radius 1 is 1.04 bits per heavy atom. The van der Waals surface area contributed by atoms with Crippen molar-refractivity contribution in [3.8, 4) is 5.75 Å². The molecule has 5 heteroatoms. The summed E-state index contributed by atoms with van der Waals surface area (Å²) in [4.78, 5) is 13.8. The van der Waals surface area contributed by atoms with E-state index in [2.05, 4.69) is 17.0 Å². The lowest BCUT2D eigenvalue weighted by Crippen LogP contribution is -2.39. The quantitative estimate of drug-likeness (QED) is 0.666. The minimum absolute atomic E-state index is 0.334. The molecule has 0 radical (unpaired) electrons. The van der Waals surface area contributed by atoms with Gasteiger partial charge in [0.1, 0.15) is 12.4 Å². The van der Waals surface area contributed by atoms with Crippen LogP contribution in [0.4, 0.5) is 0 Å². The normalized spacial score (nSPS) is 15.4. The van der Waals surface area contributed by atoms with Gasteiger partial charge in [-0.05, 0) is 42.7 Å². The standard InChI is InChI=1S/C22H27NO4/c1-25-22(24)19-7-9-20(10-8-19)26-16-15-23-13-11-21(12-14-23)27-17-18-5-3-2-4-6-18/h2-10,21H,11-17H2,1H3. The molecule has 1 aliphatic heterocycles. The average Bonchev–Trinajstić information content (AvgIpc) is 2.74. The van der Waals surface area contributed by atoms with Gasteiger partial charge in [-0.1, -0.05) is 30.3 Å². The largest absolute Gasteiger partial charge is 0.492 e. The van der Waals surface area contributed by atoms with E-state index in [0.717, 1.165) is 38.2 Å². The molecule has 1 fully saturated rings. The lowest BCUT2D eigenvalue weighted by Gasteiger charge is -2.31. The molecule has 0 bridgehead atoms. The molecule has 0 spiro atoms. The molecule has 0 aromatic heterocycles. The third-order valence-electron chi connectivity index (χ3n) is 4.81. The summed E-state index contributed by atoms with van der Waals surface area (Å²) in [6.45, 7) is 4.28. The van der Waals surface area contributed by atoms with Crippen LogP contribution in [0.3, 0.4) is 0 Å². The summed E-state index contributed by atoms with van der Waals surface area (Å²) in [6.07, 6.45) is 2.45. The van der Waals surface area contributed by atoms with Gasteiger partial charge in [0.05, 0.1) is 25.4 Å². The van der Waals surface area contributed by atoms with Crippen molar-refractivity contribution in [2.75, 3.05) is 33.4 Å². The Labute approximate surface area is 160 Å². The fourth-order valence-corrected chi connectivity index (χ4v) is 3.19.